The van der Waals surface area contributed by atoms with Crippen LogP contribution in [-0.2, 0) is 16.2 Å². The SMILES string of the molecule is COc1ccc2c(c1)C(=O)N1CC(=CC(=O)NCCCCNC(=O)C=C3C[C@H]4C=Nc5ccc(CO)cc5C(=O)N4C3)C[C@H]1C=N2. The normalized spacial score (nSPS) is 21.4. The van der Waals surface area contributed by atoms with Gasteiger partial charge in [-0.2, -0.15) is 0 Å². The van der Waals surface area contributed by atoms with Gasteiger partial charge in [-0.15, -0.1) is 0 Å². The first-order valence-electron chi connectivity index (χ1n) is 15.4. The Morgan fingerprint density at radius 3 is 1.89 bits per heavy atom. The Bertz CT molecular complexity index is 1570. The number of carbonyl (C=O) groups is 4. The molecule has 4 heterocycles. The van der Waals surface area contributed by atoms with Crippen molar-refractivity contribution in [2.45, 2.75) is 44.4 Å². The summed E-state index contributed by atoms with van der Waals surface area (Å²) >= 11 is 0. The van der Waals surface area contributed by atoms with Crippen molar-refractivity contribution in [3.05, 3.63) is 76.4 Å². The third-order valence-electron chi connectivity index (χ3n) is 8.56. The highest BCUT2D eigenvalue weighted by atomic mass is 16.5. The number of rotatable bonds is 9. The van der Waals surface area contributed by atoms with E-state index in [1.165, 1.54) is 0 Å². The average molecular weight is 625 g/mol. The fourth-order valence-corrected chi connectivity index (χ4v) is 6.16. The highest BCUT2D eigenvalue weighted by Gasteiger charge is 2.36. The lowest BCUT2D eigenvalue weighted by Crippen LogP contribution is -2.35. The molecule has 0 saturated carbocycles. The number of hydrogen-bond acceptors (Lipinski definition) is 8. The van der Waals surface area contributed by atoms with Gasteiger partial charge >= 0.3 is 0 Å². The van der Waals surface area contributed by atoms with Crippen molar-refractivity contribution in [3.8, 4) is 5.75 Å². The molecule has 2 aromatic carbocycles. The molecule has 46 heavy (non-hydrogen) atoms. The minimum atomic E-state index is -0.223. The van der Waals surface area contributed by atoms with Gasteiger partial charge in [0.25, 0.3) is 11.8 Å². The predicted molar refractivity (Wildman–Crippen MR) is 172 cm³/mol. The van der Waals surface area contributed by atoms with Crippen molar-refractivity contribution in [2.24, 2.45) is 9.98 Å². The number of methoxy groups -OCH3 is 1. The summed E-state index contributed by atoms with van der Waals surface area (Å²) in [5.41, 5.74) is 4.48. The summed E-state index contributed by atoms with van der Waals surface area (Å²) in [7, 11) is 1.55. The van der Waals surface area contributed by atoms with Crippen LogP contribution in [0.2, 0.25) is 0 Å². The summed E-state index contributed by atoms with van der Waals surface area (Å²) in [5, 5.41) is 15.2. The van der Waals surface area contributed by atoms with Crippen LogP contribution in [0, 0.1) is 0 Å². The number of nitrogens with one attached hydrogen (secondary N) is 2. The number of carbonyl (C=O) groups excluding carboxylic acids is 4. The summed E-state index contributed by atoms with van der Waals surface area (Å²) in [5.74, 6) is -0.146. The van der Waals surface area contributed by atoms with E-state index >= 15 is 0 Å². The van der Waals surface area contributed by atoms with Crippen LogP contribution in [-0.4, -0.2) is 96.3 Å². The van der Waals surface area contributed by atoms with Crippen LogP contribution in [0.25, 0.3) is 0 Å². The standard InChI is InChI=1S/C34H36N6O6/c1-46-26-5-7-30-28(15-26)34(45)40-19-23(11-25(40)17-38-30)14-32(43)36-9-3-2-8-35-31(42)13-22-10-24-16-37-29-6-4-21(20-41)12-27(29)33(44)39(24)18-22/h4-7,12-17,24-25,41H,2-3,8-11,18-20H2,1H3,(H,35,42)(H,36,43)/t24-,25-/m0/s1. The van der Waals surface area contributed by atoms with E-state index in [1.807, 2.05) is 0 Å². The number of ether oxygens (including phenoxy) is 1. The molecule has 12 nitrogen and oxygen atoms in total. The van der Waals surface area contributed by atoms with Crippen LogP contribution in [0.15, 0.2) is 69.7 Å². The van der Waals surface area contributed by atoms with Crippen LogP contribution in [0.4, 0.5) is 11.4 Å². The second-order valence-corrected chi connectivity index (χ2v) is 11.8. The van der Waals surface area contributed by atoms with E-state index in [4.69, 9.17) is 4.74 Å². The highest BCUT2D eigenvalue weighted by Crippen LogP contribution is 2.33. The number of nitrogens with zero attached hydrogens (tertiary/aromatic N) is 4. The smallest absolute Gasteiger partial charge is 0.257 e. The first kappa shape index (κ1) is 30.9. The number of hydrogen-bond donors (Lipinski definition) is 3. The van der Waals surface area contributed by atoms with Gasteiger partial charge in [0.1, 0.15) is 5.75 Å². The second kappa shape index (κ2) is 13.5. The molecular weight excluding hydrogens is 588 g/mol. The Balaban J connectivity index is 0.916. The topological polar surface area (TPSA) is 153 Å². The number of fused-ring (bicyclic) bond motifs is 4. The van der Waals surface area contributed by atoms with Crippen LogP contribution >= 0.6 is 0 Å². The molecule has 12 heteroatoms. The van der Waals surface area contributed by atoms with Crippen LogP contribution in [0.1, 0.15) is 52.0 Å². The Morgan fingerprint density at radius 2 is 1.37 bits per heavy atom. The van der Waals surface area contributed by atoms with Crippen LogP contribution < -0.4 is 15.4 Å². The molecule has 0 radical (unpaired) electrons. The third kappa shape index (κ3) is 6.62. The number of benzene rings is 2. The van der Waals surface area contributed by atoms with E-state index in [0.29, 0.717) is 85.7 Å². The summed E-state index contributed by atoms with van der Waals surface area (Å²) in [6, 6.07) is 9.96. The lowest BCUT2D eigenvalue weighted by atomic mass is 10.1. The molecule has 3 N–H and O–H groups in total. The molecule has 2 atom stereocenters. The van der Waals surface area contributed by atoms with E-state index in [9.17, 15) is 24.3 Å². The van der Waals surface area contributed by atoms with Gasteiger partial charge in [0.05, 0.1) is 48.3 Å². The molecule has 2 fully saturated rings. The van der Waals surface area contributed by atoms with Gasteiger partial charge in [0.2, 0.25) is 11.8 Å². The Morgan fingerprint density at radius 1 is 0.848 bits per heavy atom. The van der Waals surface area contributed by atoms with Gasteiger partial charge in [-0.25, -0.2) is 0 Å². The maximum atomic E-state index is 13.2. The van der Waals surface area contributed by atoms with Crippen LogP contribution in [0.5, 0.6) is 5.75 Å². The Hall–Kier alpha value is -5.10. The zero-order chi connectivity index (χ0) is 32.2. The van der Waals surface area contributed by atoms with Gasteiger partial charge in [-0.3, -0.25) is 29.2 Å². The van der Waals surface area contributed by atoms with Crippen molar-refractivity contribution in [2.75, 3.05) is 33.3 Å². The van der Waals surface area contributed by atoms with Crippen molar-refractivity contribution in [3.63, 3.8) is 0 Å². The third-order valence-corrected chi connectivity index (χ3v) is 8.56. The van der Waals surface area contributed by atoms with Gasteiger partial charge in [-0.1, -0.05) is 6.07 Å². The molecule has 238 valence electrons. The summed E-state index contributed by atoms with van der Waals surface area (Å²) in [4.78, 5) is 63.8. The number of unbranched alkanes of at least 4 members (excludes halogenated alkanes) is 1. The zero-order valence-electron chi connectivity index (χ0n) is 25.6. The molecule has 0 unspecified atom stereocenters. The molecule has 0 aliphatic carbocycles. The van der Waals surface area contributed by atoms with E-state index in [0.717, 1.165) is 11.1 Å². The number of aliphatic hydroxyl groups excluding tert-OH is 1. The van der Waals surface area contributed by atoms with E-state index < -0.39 is 0 Å². The number of aliphatic hydroxyl groups is 1. The predicted octanol–water partition coefficient (Wildman–Crippen LogP) is 2.61. The molecule has 2 aromatic rings. The molecule has 4 aliphatic rings. The molecule has 4 aliphatic heterocycles. The maximum Gasteiger partial charge on any atom is 0.257 e. The molecule has 2 saturated heterocycles. The van der Waals surface area contributed by atoms with Crippen LogP contribution in [0.3, 0.4) is 0 Å². The molecule has 0 aromatic heterocycles. The fourth-order valence-electron chi connectivity index (χ4n) is 6.16. The number of aliphatic imine (C=N–C) groups is 2. The molecule has 0 spiro atoms. The first-order valence-corrected chi connectivity index (χ1v) is 15.4. The molecule has 0 bridgehead atoms. The number of amides is 4. The Labute approximate surface area is 266 Å². The van der Waals surface area contributed by atoms with Crippen molar-refractivity contribution >= 4 is 47.4 Å². The summed E-state index contributed by atoms with van der Waals surface area (Å²) < 4.78 is 5.26. The first-order chi connectivity index (χ1) is 22.3. The van der Waals surface area contributed by atoms with Gasteiger partial charge in [0, 0.05) is 50.8 Å². The van der Waals surface area contributed by atoms with Crippen molar-refractivity contribution in [1.82, 2.24) is 20.4 Å². The lowest BCUT2D eigenvalue weighted by molar-refractivity contribution is -0.117. The van der Waals surface area contributed by atoms with E-state index in [1.54, 1.807) is 77.9 Å². The van der Waals surface area contributed by atoms with E-state index in [2.05, 4.69) is 20.6 Å². The minimum absolute atomic E-state index is 0.136. The second-order valence-electron chi connectivity index (χ2n) is 11.8. The largest absolute Gasteiger partial charge is 0.497 e. The highest BCUT2D eigenvalue weighted by molar-refractivity contribution is 6.04. The molecule has 4 amide bonds. The lowest BCUT2D eigenvalue weighted by Gasteiger charge is -2.19. The van der Waals surface area contributed by atoms with Crippen molar-refractivity contribution in [1.29, 1.82) is 0 Å². The van der Waals surface area contributed by atoms with Gasteiger partial charge < -0.3 is 30.3 Å². The monoisotopic (exact) mass is 624 g/mol. The van der Waals surface area contributed by atoms with Gasteiger partial charge in [0.15, 0.2) is 0 Å². The summed E-state index contributed by atoms with van der Waals surface area (Å²) in [6.07, 6.45) is 9.07. The van der Waals surface area contributed by atoms with Crippen molar-refractivity contribution < 1.29 is 29.0 Å². The average Bonchev–Trinajstić information content (AvgIpc) is 3.60. The maximum absolute atomic E-state index is 13.2. The fraction of sp³-hybridized carbons (Fsp3) is 0.353. The molecular formula is C34H36N6O6. The minimum Gasteiger partial charge on any atom is -0.497 e. The molecule has 6 rings (SSSR count). The Kier molecular flexibility index (Phi) is 9.06. The van der Waals surface area contributed by atoms with Gasteiger partial charge in [-0.05, 0) is 72.7 Å². The zero-order valence-corrected chi connectivity index (χ0v) is 25.6. The van der Waals surface area contributed by atoms with E-state index in [-0.39, 0.29) is 42.3 Å². The quantitative estimate of drug-likeness (QED) is 0.288. The summed E-state index contributed by atoms with van der Waals surface area (Å²) in [6.45, 7) is 1.45.